The normalized spacial score (nSPS) is 13.3. The average Bonchev–Trinajstić information content (AvgIpc) is 2.52. The number of rotatable bonds is 4. The molecule has 1 rings (SSSR count). The summed E-state index contributed by atoms with van der Waals surface area (Å²) in [6.45, 7) is 6.31. The molecule has 0 aromatic carbocycles. The van der Waals surface area contributed by atoms with Crippen LogP contribution in [0.5, 0.6) is 0 Å². The van der Waals surface area contributed by atoms with Gasteiger partial charge in [-0.15, -0.1) is 16.7 Å². The Balaban J connectivity index is 2.53. The van der Waals surface area contributed by atoms with E-state index in [1.54, 1.807) is 0 Å². The van der Waals surface area contributed by atoms with Crippen LogP contribution in [0.3, 0.4) is 0 Å². The summed E-state index contributed by atoms with van der Waals surface area (Å²) in [6.07, 6.45) is 0. The van der Waals surface area contributed by atoms with Crippen LogP contribution in [0.2, 0.25) is 0 Å². The fraction of sp³-hybridized carbons (Fsp3) is 0.750. The molecule has 74 valence electrons. The minimum atomic E-state index is 0.255. The van der Waals surface area contributed by atoms with Crippen molar-refractivity contribution in [2.75, 3.05) is 5.32 Å². The van der Waals surface area contributed by atoms with Crippen LogP contribution in [0, 0.1) is 5.92 Å². The lowest BCUT2D eigenvalue weighted by atomic mass is 10.1. The maximum atomic E-state index is 5.52. The van der Waals surface area contributed by atoms with Crippen molar-refractivity contribution in [3.8, 4) is 0 Å². The third-order valence-electron chi connectivity index (χ3n) is 1.93. The van der Waals surface area contributed by atoms with E-state index in [0.29, 0.717) is 23.9 Å². The molecule has 0 fully saturated rings. The first-order chi connectivity index (χ1) is 6.13. The van der Waals surface area contributed by atoms with Crippen LogP contribution in [-0.2, 0) is 5.88 Å². The molecule has 4 nitrogen and oxygen atoms in total. The van der Waals surface area contributed by atoms with Gasteiger partial charge in [0.25, 0.3) is 0 Å². The third kappa shape index (κ3) is 2.88. The predicted molar refractivity (Wildman–Crippen MR) is 51.8 cm³/mol. The van der Waals surface area contributed by atoms with Crippen molar-refractivity contribution in [2.24, 2.45) is 5.92 Å². The van der Waals surface area contributed by atoms with Gasteiger partial charge >= 0.3 is 6.01 Å². The molecule has 1 aromatic heterocycles. The van der Waals surface area contributed by atoms with Crippen LogP contribution in [-0.4, -0.2) is 16.2 Å². The second-order valence-corrected chi connectivity index (χ2v) is 3.58. The van der Waals surface area contributed by atoms with Crippen molar-refractivity contribution in [3.63, 3.8) is 0 Å². The van der Waals surface area contributed by atoms with E-state index < -0.39 is 0 Å². The van der Waals surface area contributed by atoms with Gasteiger partial charge in [-0.3, -0.25) is 0 Å². The van der Waals surface area contributed by atoms with Crippen LogP contribution < -0.4 is 5.32 Å². The number of nitrogens with zero attached hydrogens (tertiary/aromatic N) is 2. The van der Waals surface area contributed by atoms with Crippen LogP contribution in [0.1, 0.15) is 26.7 Å². The maximum Gasteiger partial charge on any atom is 0.315 e. The monoisotopic (exact) mass is 203 g/mol. The van der Waals surface area contributed by atoms with Crippen molar-refractivity contribution < 1.29 is 4.42 Å². The van der Waals surface area contributed by atoms with Gasteiger partial charge in [-0.25, -0.2) is 0 Å². The standard InChI is InChI=1S/C8H14ClN3O/c1-5(2)6(3)10-8-12-11-7(4-9)13-8/h5-6H,4H2,1-3H3,(H,10,12). The number of anilines is 1. The highest BCUT2D eigenvalue weighted by Crippen LogP contribution is 2.11. The van der Waals surface area contributed by atoms with Gasteiger partial charge in [0.2, 0.25) is 5.89 Å². The van der Waals surface area contributed by atoms with Crippen molar-refractivity contribution in [2.45, 2.75) is 32.7 Å². The highest BCUT2D eigenvalue weighted by molar-refractivity contribution is 6.16. The van der Waals surface area contributed by atoms with Gasteiger partial charge in [-0.1, -0.05) is 18.9 Å². The van der Waals surface area contributed by atoms with Gasteiger partial charge in [-0.2, -0.15) is 0 Å². The number of aromatic nitrogens is 2. The quantitative estimate of drug-likeness (QED) is 0.763. The first-order valence-corrected chi connectivity index (χ1v) is 4.81. The van der Waals surface area contributed by atoms with E-state index >= 15 is 0 Å². The molecule has 0 aliphatic carbocycles. The predicted octanol–water partition coefficient (Wildman–Crippen LogP) is 2.26. The number of hydrogen-bond acceptors (Lipinski definition) is 4. The molecule has 1 aromatic rings. The average molecular weight is 204 g/mol. The summed E-state index contributed by atoms with van der Waals surface area (Å²) in [5.41, 5.74) is 0. The second-order valence-electron chi connectivity index (χ2n) is 3.31. The van der Waals surface area contributed by atoms with E-state index in [-0.39, 0.29) is 5.88 Å². The zero-order chi connectivity index (χ0) is 9.84. The summed E-state index contributed by atoms with van der Waals surface area (Å²) in [5, 5.41) is 10.6. The fourth-order valence-corrected chi connectivity index (χ4v) is 0.835. The molecule has 0 spiro atoms. The highest BCUT2D eigenvalue weighted by atomic mass is 35.5. The van der Waals surface area contributed by atoms with Gasteiger partial charge < -0.3 is 9.73 Å². The number of halogens is 1. The van der Waals surface area contributed by atoms with Crippen LogP contribution in [0.15, 0.2) is 4.42 Å². The summed E-state index contributed by atoms with van der Waals surface area (Å²) in [4.78, 5) is 0. The Kier molecular flexibility index (Phi) is 3.54. The van der Waals surface area contributed by atoms with Crippen molar-refractivity contribution >= 4 is 17.6 Å². The molecular formula is C8H14ClN3O. The number of nitrogens with one attached hydrogen (secondary N) is 1. The molecule has 0 bridgehead atoms. The fourth-order valence-electron chi connectivity index (χ4n) is 0.727. The molecule has 0 radical (unpaired) electrons. The van der Waals surface area contributed by atoms with Crippen LogP contribution >= 0.6 is 11.6 Å². The third-order valence-corrected chi connectivity index (χ3v) is 2.16. The lowest BCUT2D eigenvalue weighted by Gasteiger charge is -2.14. The highest BCUT2D eigenvalue weighted by Gasteiger charge is 2.10. The molecule has 1 N–H and O–H groups in total. The van der Waals surface area contributed by atoms with E-state index in [4.69, 9.17) is 16.0 Å². The van der Waals surface area contributed by atoms with Crippen molar-refractivity contribution in [1.82, 2.24) is 10.2 Å². The lowest BCUT2D eigenvalue weighted by Crippen LogP contribution is -2.21. The van der Waals surface area contributed by atoms with E-state index in [2.05, 4.69) is 36.3 Å². The summed E-state index contributed by atoms with van der Waals surface area (Å²) < 4.78 is 5.19. The zero-order valence-corrected chi connectivity index (χ0v) is 8.80. The van der Waals surface area contributed by atoms with Gasteiger partial charge in [0, 0.05) is 6.04 Å². The largest absolute Gasteiger partial charge is 0.407 e. The first kappa shape index (κ1) is 10.3. The Morgan fingerprint density at radius 1 is 1.38 bits per heavy atom. The Labute approximate surface area is 82.7 Å². The van der Waals surface area contributed by atoms with E-state index in [1.165, 1.54) is 0 Å². The van der Waals surface area contributed by atoms with Crippen LogP contribution in [0.25, 0.3) is 0 Å². The van der Waals surface area contributed by atoms with Crippen molar-refractivity contribution in [3.05, 3.63) is 5.89 Å². The Hall–Kier alpha value is -0.770. The van der Waals surface area contributed by atoms with Crippen LogP contribution in [0.4, 0.5) is 6.01 Å². The summed E-state index contributed by atoms with van der Waals surface area (Å²) in [6, 6.07) is 0.750. The molecule has 13 heavy (non-hydrogen) atoms. The smallest absolute Gasteiger partial charge is 0.315 e. The lowest BCUT2D eigenvalue weighted by molar-refractivity contribution is 0.494. The summed E-state index contributed by atoms with van der Waals surface area (Å²) in [7, 11) is 0. The summed E-state index contributed by atoms with van der Waals surface area (Å²) >= 11 is 5.52. The Bertz CT molecular complexity index is 262. The molecule has 0 saturated carbocycles. The van der Waals surface area contributed by atoms with Gasteiger partial charge in [0.05, 0.1) is 0 Å². The van der Waals surface area contributed by atoms with Gasteiger partial charge in [0.15, 0.2) is 0 Å². The molecule has 5 heteroatoms. The molecule has 0 saturated heterocycles. The number of hydrogen-bond donors (Lipinski definition) is 1. The molecule has 0 aliphatic heterocycles. The number of alkyl halides is 1. The van der Waals surface area contributed by atoms with E-state index in [9.17, 15) is 0 Å². The first-order valence-electron chi connectivity index (χ1n) is 4.28. The molecule has 1 atom stereocenters. The Morgan fingerprint density at radius 3 is 2.54 bits per heavy atom. The maximum absolute atomic E-state index is 5.52. The van der Waals surface area contributed by atoms with E-state index in [1.807, 2.05) is 0 Å². The molecule has 0 amide bonds. The molecule has 1 heterocycles. The van der Waals surface area contributed by atoms with E-state index in [0.717, 1.165) is 0 Å². The van der Waals surface area contributed by atoms with Gasteiger partial charge in [0.1, 0.15) is 5.88 Å². The minimum Gasteiger partial charge on any atom is -0.407 e. The van der Waals surface area contributed by atoms with Gasteiger partial charge in [-0.05, 0) is 12.8 Å². The Morgan fingerprint density at radius 2 is 2.08 bits per heavy atom. The molecule has 0 aliphatic rings. The molecular weight excluding hydrogens is 190 g/mol. The zero-order valence-electron chi connectivity index (χ0n) is 8.04. The summed E-state index contributed by atoms with van der Waals surface area (Å²) in [5.74, 6) is 1.22. The van der Waals surface area contributed by atoms with Crippen molar-refractivity contribution in [1.29, 1.82) is 0 Å². The SMILES string of the molecule is CC(C)C(C)Nc1nnc(CCl)o1. The molecule has 1 unspecified atom stereocenters. The minimum absolute atomic E-state index is 0.255. The topological polar surface area (TPSA) is 51.0 Å². The second kappa shape index (κ2) is 4.46.